The van der Waals surface area contributed by atoms with E-state index in [1.807, 2.05) is 6.92 Å². The van der Waals surface area contributed by atoms with Crippen LogP contribution >= 0.6 is 11.8 Å². The highest BCUT2D eigenvalue weighted by Crippen LogP contribution is 2.31. The van der Waals surface area contributed by atoms with E-state index in [9.17, 15) is 14.7 Å². The molecule has 0 aromatic heterocycles. The first kappa shape index (κ1) is 16.4. The minimum Gasteiger partial charge on any atom is -0.480 e. The molecular formula is C14H25N3O3S. The van der Waals surface area contributed by atoms with Crippen LogP contribution < -0.4 is 5.32 Å². The average Bonchev–Trinajstić information content (AvgIpc) is 3.11. The zero-order valence-corrected chi connectivity index (χ0v) is 13.4. The summed E-state index contributed by atoms with van der Waals surface area (Å²) < 4.78 is 0. The Morgan fingerprint density at radius 2 is 2.05 bits per heavy atom. The number of urea groups is 1. The van der Waals surface area contributed by atoms with E-state index in [0.717, 1.165) is 32.5 Å². The van der Waals surface area contributed by atoms with Gasteiger partial charge in [0.15, 0.2) is 0 Å². The number of amides is 2. The Kier molecular flexibility index (Phi) is 6.17. The van der Waals surface area contributed by atoms with Gasteiger partial charge >= 0.3 is 12.0 Å². The number of aliphatic carboxylic acids is 1. The number of nitrogens with zero attached hydrogens (tertiary/aromatic N) is 2. The van der Waals surface area contributed by atoms with Gasteiger partial charge in [0, 0.05) is 12.3 Å². The van der Waals surface area contributed by atoms with E-state index in [1.165, 1.54) is 17.7 Å². The van der Waals surface area contributed by atoms with Crippen molar-refractivity contribution in [2.75, 3.05) is 31.9 Å². The largest absolute Gasteiger partial charge is 0.480 e. The van der Waals surface area contributed by atoms with Crippen LogP contribution in [0.25, 0.3) is 0 Å². The molecule has 2 heterocycles. The normalized spacial score (nSPS) is 26.2. The summed E-state index contributed by atoms with van der Waals surface area (Å²) in [6.45, 7) is 5.93. The van der Waals surface area contributed by atoms with E-state index >= 15 is 0 Å². The molecule has 0 saturated carbocycles. The first-order valence-corrected chi connectivity index (χ1v) is 8.81. The molecule has 6 nitrogen and oxygen atoms in total. The molecular weight excluding hydrogens is 290 g/mol. The standard InChI is InChI=1S/C14H25N3O3S/c1-2-12-17(11(10-21-12)13(18)19)14(20)15-6-5-9-16-7-3-4-8-16/h11-12H,2-10H2,1H3,(H,15,20)(H,18,19). The van der Waals surface area contributed by atoms with Crippen molar-refractivity contribution in [2.24, 2.45) is 0 Å². The quantitative estimate of drug-likeness (QED) is 0.725. The summed E-state index contributed by atoms with van der Waals surface area (Å²) in [5.41, 5.74) is 0. The van der Waals surface area contributed by atoms with Crippen molar-refractivity contribution >= 4 is 23.8 Å². The van der Waals surface area contributed by atoms with Crippen molar-refractivity contribution < 1.29 is 14.7 Å². The zero-order valence-electron chi connectivity index (χ0n) is 12.6. The SMILES string of the molecule is CCC1SCC(C(=O)O)N1C(=O)NCCCN1CCCC1. The number of hydrogen-bond donors (Lipinski definition) is 2. The molecule has 2 rings (SSSR count). The van der Waals surface area contributed by atoms with Crippen molar-refractivity contribution in [1.29, 1.82) is 0 Å². The van der Waals surface area contributed by atoms with Gasteiger partial charge in [-0.25, -0.2) is 9.59 Å². The van der Waals surface area contributed by atoms with Gasteiger partial charge < -0.3 is 15.3 Å². The maximum atomic E-state index is 12.3. The lowest BCUT2D eigenvalue weighted by Gasteiger charge is -2.27. The summed E-state index contributed by atoms with van der Waals surface area (Å²) in [6, 6.07) is -0.931. The van der Waals surface area contributed by atoms with Crippen molar-refractivity contribution in [3.63, 3.8) is 0 Å². The van der Waals surface area contributed by atoms with Crippen LogP contribution in [-0.4, -0.2) is 70.3 Å². The second-order valence-electron chi connectivity index (χ2n) is 5.59. The van der Waals surface area contributed by atoms with Crippen LogP contribution in [0.1, 0.15) is 32.6 Å². The van der Waals surface area contributed by atoms with Crippen LogP contribution in [0.2, 0.25) is 0 Å². The minimum absolute atomic E-state index is 0.0234. The second-order valence-corrected chi connectivity index (χ2v) is 6.80. The zero-order chi connectivity index (χ0) is 15.2. The Hall–Kier alpha value is -0.950. The lowest BCUT2D eigenvalue weighted by atomic mass is 10.2. The smallest absolute Gasteiger partial charge is 0.327 e. The van der Waals surface area contributed by atoms with Gasteiger partial charge in [-0.1, -0.05) is 6.92 Å². The van der Waals surface area contributed by atoms with E-state index in [2.05, 4.69) is 10.2 Å². The first-order chi connectivity index (χ1) is 10.1. The fourth-order valence-corrected chi connectivity index (χ4v) is 4.28. The number of likely N-dealkylation sites (tertiary alicyclic amines) is 1. The molecule has 120 valence electrons. The van der Waals surface area contributed by atoms with E-state index in [0.29, 0.717) is 12.3 Å². The highest BCUT2D eigenvalue weighted by molar-refractivity contribution is 8.00. The number of hydrogen-bond acceptors (Lipinski definition) is 4. The van der Waals surface area contributed by atoms with Crippen LogP contribution in [0.15, 0.2) is 0 Å². The lowest BCUT2D eigenvalue weighted by molar-refractivity contribution is -0.141. The van der Waals surface area contributed by atoms with Gasteiger partial charge in [-0.15, -0.1) is 11.8 Å². The Bertz CT molecular complexity index is 374. The van der Waals surface area contributed by atoms with Crippen LogP contribution in [-0.2, 0) is 4.79 Å². The predicted molar refractivity (Wildman–Crippen MR) is 83.5 cm³/mol. The third kappa shape index (κ3) is 4.26. The highest BCUT2D eigenvalue weighted by atomic mass is 32.2. The molecule has 2 N–H and O–H groups in total. The first-order valence-electron chi connectivity index (χ1n) is 7.76. The van der Waals surface area contributed by atoms with E-state index < -0.39 is 12.0 Å². The van der Waals surface area contributed by atoms with Gasteiger partial charge in [0.2, 0.25) is 0 Å². The Morgan fingerprint density at radius 3 is 2.67 bits per heavy atom. The molecule has 2 unspecified atom stereocenters. The molecule has 2 amide bonds. The maximum absolute atomic E-state index is 12.3. The summed E-state index contributed by atoms with van der Waals surface area (Å²) in [5.74, 6) is -0.430. The molecule has 0 aromatic rings. The number of carboxylic acids is 1. The van der Waals surface area contributed by atoms with Crippen molar-refractivity contribution in [3.05, 3.63) is 0 Å². The summed E-state index contributed by atoms with van der Waals surface area (Å²) >= 11 is 1.55. The van der Waals surface area contributed by atoms with Crippen LogP contribution in [0, 0.1) is 0 Å². The molecule has 0 radical (unpaired) electrons. The Morgan fingerprint density at radius 1 is 1.33 bits per heavy atom. The van der Waals surface area contributed by atoms with Crippen molar-refractivity contribution in [3.8, 4) is 0 Å². The highest BCUT2D eigenvalue weighted by Gasteiger charge is 2.40. The summed E-state index contributed by atoms with van der Waals surface area (Å²) in [7, 11) is 0. The maximum Gasteiger partial charge on any atom is 0.327 e. The summed E-state index contributed by atoms with van der Waals surface area (Å²) in [4.78, 5) is 27.4. The van der Waals surface area contributed by atoms with E-state index in [4.69, 9.17) is 0 Å². The molecule has 0 aromatic carbocycles. The topological polar surface area (TPSA) is 72.9 Å². The average molecular weight is 315 g/mol. The molecule has 0 spiro atoms. The van der Waals surface area contributed by atoms with Gasteiger partial charge in [-0.2, -0.15) is 0 Å². The van der Waals surface area contributed by atoms with Gasteiger partial charge in [0.25, 0.3) is 0 Å². The molecule has 2 saturated heterocycles. The molecule has 7 heteroatoms. The molecule has 2 atom stereocenters. The monoisotopic (exact) mass is 315 g/mol. The third-order valence-electron chi connectivity index (χ3n) is 4.09. The third-order valence-corrected chi connectivity index (χ3v) is 5.54. The van der Waals surface area contributed by atoms with Crippen LogP contribution in [0.5, 0.6) is 0 Å². The number of carbonyl (C=O) groups excluding carboxylic acids is 1. The Labute approximate surface area is 130 Å². The summed E-state index contributed by atoms with van der Waals surface area (Å²) in [5, 5.41) is 12.1. The number of nitrogens with one attached hydrogen (secondary N) is 1. The molecule has 21 heavy (non-hydrogen) atoms. The van der Waals surface area contributed by atoms with Crippen molar-refractivity contribution in [1.82, 2.24) is 15.1 Å². The summed E-state index contributed by atoms with van der Waals surface area (Å²) in [6.07, 6.45) is 4.24. The van der Waals surface area contributed by atoms with E-state index in [1.54, 1.807) is 11.8 Å². The van der Waals surface area contributed by atoms with Crippen LogP contribution in [0.3, 0.4) is 0 Å². The number of thioether (sulfide) groups is 1. The number of rotatable bonds is 6. The predicted octanol–water partition coefficient (Wildman–Crippen LogP) is 1.42. The molecule has 0 bridgehead atoms. The Balaban J connectivity index is 1.75. The van der Waals surface area contributed by atoms with Crippen LogP contribution in [0.4, 0.5) is 4.79 Å². The second kappa shape index (κ2) is 7.89. The van der Waals surface area contributed by atoms with E-state index in [-0.39, 0.29) is 11.4 Å². The molecule has 2 aliphatic heterocycles. The van der Waals surface area contributed by atoms with Gasteiger partial charge in [0.1, 0.15) is 6.04 Å². The molecule has 0 aliphatic carbocycles. The van der Waals surface area contributed by atoms with Gasteiger partial charge in [-0.05, 0) is 45.3 Å². The molecule has 2 aliphatic rings. The minimum atomic E-state index is -0.911. The number of carbonyl (C=O) groups is 2. The lowest BCUT2D eigenvalue weighted by Crippen LogP contribution is -2.50. The van der Waals surface area contributed by atoms with Gasteiger partial charge in [-0.3, -0.25) is 4.90 Å². The fourth-order valence-electron chi connectivity index (χ4n) is 2.94. The van der Waals surface area contributed by atoms with Crippen molar-refractivity contribution in [2.45, 2.75) is 44.0 Å². The van der Waals surface area contributed by atoms with Gasteiger partial charge in [0.05, 0.1) is 5.37 Å². The number of carboxylic acid groups (broad SMARTS) is 1. The fraction of sp³-hybridized carbons (Fsp3) is 0.857. The molecule has 2 fully saturated rings.